The van der Waals surface area contributed by atoms with E-state index in [2.05, 4.69) is 51.4 Å². The molecule has 4 nitrogen and oxygen atoms in total. The summed E-state index contributed by atoms with van der Waals surface area (Å²) in [6.45, 7) is 7.52. The van der Waals surface area contributed by atoms with Crippen LogP contribution in [0.25, 0.3) is 11.4 Å². The van der Waals surface area contributed by atoms with Crippen LogP contribution in [0.4, 0.5) is 0 Å². The van der Waals surface area contributed by atoms with Gasteiger partial charge >= 0.3 is 0 Å². The molecule has 0 aliphatic carbocycles. The van der Waals surface area contributed by atoms with Gasteiger partial charge in [0, 0.05) is 50.2 Å². The third kappa shape index (κ3) is 3.08. The summed E-state index contributed by atoms with van der Waals surface area (Å²) in [6.07, 6.45) is 3.04. The number of piperazine rings is 1. The van der Waals surface area contributed by atoms with Crippen molar-refractivity contribution in [1.29, 1.82) is 0 Å². The Morgan fingerprint density at radius 1 is 1.15 bits per heavy atom. The van der Waals surface area contributed by atoms with E-state index in [9.17, 15) is 0 Å². The molecule has 0 saturated carbocycles. The average Bonchev–Trinajstić information content (AvgIpc) is 2.97. The molecule has 106 valence electrons. The highest BCUT2D eigenvalue weighted by atomic mass is 15.2. The fourth-order valence-electron chi connectivity index (χ4n) is 2.59. The maximum atomic E-state index is 4.51. The van der Waals surface area contributed by atoms with E-state index in [1.54, 1.807) is 0 Å². The number of benzene rings is 1. The van der Waals surface area contributed by atoms with Gasteiger partial charge in [-0.25, -0.2) is 4.98 Å². The summed E-state index contributed by atoms with van der Waals surface area (Å²) in [7, 11) is 0. The highest BCUT2D eigenvalue weighted by molar-refractivity contribution is 5.55. The molecule has 1 aromatic heterocycles. The largest absolute Gasteiger partial charge is 0.341 e. The molecule has 0 bridgehead atoms. The highest BCUT2D eigenvalue weighted by Crippen LogP contribution is 2.17. The minimum atomic E-state index is 0.960. The van der Waals surface area contributed by atoms with Gasteiger partial charge in [-0.15, -0.1) is 0 Å². The van der Waals surface area contributed by atoms with Crippen LogP contribution in [0, 0.1) is 0 Å². The van der Waals surface area contributed by atoms with Crippen molar-refractivity contribution in [3.8, 4) is 11.4 Å². The molecule has 0 atom stereocenters. The number of imidazole rings is 1. The van der Waals surface area contributed by atoms with Crippen LogP contribution in [0.5, 0.6) is 0 Å². The van der Waals surface area contributed by atoms with Gasteiger partial charge in [0.2, 0.25) is 0 Å². The minimum Gasteiger partial charge on any atom is -0.341 e. The van der Waals surface area contributed by atoms with Gasteiger partial charge in [0.1, 0.15) is 5.82 Å². The van der Waals surface area contributed by atoms with Crippen LogP contribution < -0.4 is 5.32 Å². The van der Waals surface area contributed by atoms with Gasteiger partial charge in [-0.1, -0.05) is 31.2 Å². The van der Waals surface area contributed by atoms with Crippen LogP contribution in [0.1, 0.15) is 18.2 Å². The maximum Gasteiger partial charge on any atom is 0.137 e. The Morgan fingerprint density at radius 3 is 2.60 bits per heavy atom. The predicted molar refractivity (Wildman–Crippen MR) is 81.5 cm³/mol. The Labute approximate surface area is 120 Å². The van der Waals surface area contributed by atoms with Crippen LogP contribution >= 0.6 is 0 Å². The first kappa shape index (κ1) is 13.3. The van der Waals surface area contributed by atoms with Gasteiger partial charge in [-0.2, -0.15) is 0 Å². The predicted octanol–water partition coefficient (Wildman–Crippen LogP) is 2.04. The average molecular weight is 270 g/mol. The molecule has 1 fully saturated rings. The quantitative estimate of drug-likeness (QED) is 0.893. The monoisotopic (exact) mass is 270 g/mol. The van der Waals surface area contributed by atoms with E-state index in [1.165, 1.54) is 11.3 Å². The molecule has 3 rings (SSSR count). The molecule has 1 aromatic carbocycles. The third-order valence-electron chi connectivity index (χ3n) is 3.87. The molecule has 2 N–H and O–H groups in total. The van der Waals surface area contributed by atoms with Crippen LogP contribution in [0.3, 0.4) is 0 Å². The Morgan fingerprint density at radius 2 is 1.90 bits per heavy atom. The normalized spacial score (nSPS) is 16.4. The summed E-state index contributed by atoms with van der Waals surface area (Å²) in [5.41, 5.74) is 3.72. The molecule has 20 heavy (non-hydrogen) atoms. The number of nitrogens with one attached hydrogen (secondary N) is 2. The topological polar surface area (TPSA) is 44.0 Å². The number of H-pyrrole nitrogens is 1. The second-order valence-corrected chi connectivity index (χ2v) is 5.33. The zero-order chi connectivity index (χ0) is 13.8. The van der Waals surface area contributed by atoms with Crippen molar-refractivity contribution >= 4 is 0 Å². The zero-order valence-electron chi connectivity index (χ0n) is 12.0. The SMILES string of the molecule is CCc1ccc(-c2ncc(CN3CCNCC3)[nH]2)cc1. The Balaban J connectivity index is 1.68. The van der Waals surface area contributed by atoms with Crippen LogP contribution in [-0.2, 0) is 13.0 Å². The molecule has 1 aliphatic rings. The van der Waals surface area contributed by atoms with E-state index >= 15 is 0 Å². The molecule has 2 heterocycles. The number of hydrogen-bond acceptors (Lipinski definition) is 3. The maximum absolute atomic E-state index is 4.51. The van der Waals surface area contributed by atoms with Crippen LogP contribution in [0.15, 0.2) is 30.5 Å². The van der Waals surface area contributed by atoms with Crippen molar-refractivity contribution < 1.29 is 0 Å². The van der Waals surface area contributed by atoms with E-state index in [-0.39, 0.29) is 0 Å². The van der Waals surface area contributed by atoms with Crippen molar-refractivity contribution in [2.45, 2.75) is 19.9 Å². The zero-order valence-corrected chi connectivity index (χ0v) is 12.0. The van der Waals surface area contributed by atoms with E-state index < -0.39 is 0 Å². The Kier molecular flexibility index (Phi) is 4.14. The van der Waals surface area contributed by atoms with E-state index in [0.29, 0.717) is 0 Å². The first-order valence-corrected chi connectivity index (χ1v) is 7.41. The summed E-state index contributed by atoms with van der Waals surface area (Å²) >= 11 is 0. The third-order valence-corrected chi connectivity index (χ3v) is 3.87. The number of hydrogen-bond donors (Lipinski definition) is 2. The van der Waals surface area contributed by atoms with E-state index in [1.807, 2.05) is 6.20 Å². The number of aromatic amines is 1. The van der Waals surface area contributed by atoms with Crippen LogP contribution in [-0.4, -0.2) is 41.0 Å². The molecular formula is C16H22N4. The standard InChI is InChI=1S/C16H22N4/c1-2-13-3-5-14(6-4-13)16-18-11-15(19-16)12-20-9-7-17-8-10-20/h3-6,11,17H,2,7-10,12H2,1H3,(H,18,19). The number of aromatic nitrogens is 2. The van der Waals surface area contributed by atoms with Gasteiger partial charge < -0.3 is 10.3 Å². The van der Waals surface area contributed by atoms with Gasteiger partial charge in [0.15, 0.2) is 0 Å². The molecule has 0 amide bonds. The number of rotatable bonds is 4. The summed E-state index contributed by atoms with van der Waals surface area (Å²) in [6, 6.07) is 8.64. The van der Waals surface area contributed by atoms with E-state index in [0.717, 1.165) is 50.5 Å². The summed E-state index contributed by atoms with van der Waals surface area (Å²) in [5.74, 6) is 0.970. The van der Waals surface area contributed by atoms with Crippen molar-refractivity contribution in [1.82, 2.24) is 20.2 Å². The fourth-order valence-corrected chi connectivity index (χ4v) is 2.59. The molecule has 4 heteroatoms. The lowest BCUT2D eigenvalue weighted by Gasteiger charge is -2.26. The van der Waals surface area contributed by atoms with Crippen molar-refractivity contribution in [2.75, 3.05) is 26.2 Å². The van der Waals surface area contributed by atoms with E-state index in [4.69, 9.17) is 0 Å². The number of aryl methyl sites for hydroxylation is 1. The fraction of sp³-hybridized carbons (Fsp3) is 0.438. The highest BCUT2D eigenvalue weighted by Gasteiger charge is 2.11. The molecule has 2 aromatic rings. The van der Waals surface area contributed by atoms with Gasteiger partial charge in [0.05, 0.1) is 0 Å². The second kappa shape index (κ2) is 6.20. The molecular weight excluding hydrogens is 248 g/mol. The first-order chi connectivity index (χ1) is 9.85. The Hall–Kier alpha value is -1.65. The first-order valence-electron chi connectivity index (χ1n) is 7.41. The number of nitrogens with zero attached hydrogens (tertiary/aromatic N) is 2. The Bertz CT molecular complexity index is 538. The summed E-state index contributed by atoms with van der Waals surface area (Å²) < 4.78 is 0. The lowest BCUT2D eigenvalue weighted by Crippen LogP contribution is -2.42. The summed E-state index contributed by atoms with van der Waals surface area (Å²) in [5, 5.41) is 3.37. The summed E-state index contributed by atoms with van der Waals surface area (Å²) in [4.78, 5) is 10.4. The lowest BCUT2D eigenvalue weighted by atomic mass is 10.1. The molecule has 0 spiro atoms. The molecule has 0 radical (unpaired) electrons. The molecule has 1 saturated heterocycles. The molecule has 0 unspecified atom stereocenters. The smallest absolute Gasteiger partial charge is 0.137 e. The van der Waals surface area contributed by atoms with Gasteiger partial charge in [-0.3, -0.25) is 4.90 Å². The van der Waals surface area contributed by atoms with Crippen molar-refractivity contribution in [3.63, 3.8) is 0 Å². The minimum absolute atomic E-state index is 0.960. The second-order valence-electron chi connectivity index (χ2n) is 5.33. The van der Waals surface area contributed by atoms with Crippen molar-refractivity contribution in [3.05, 3.63) is 41.7 Å². The van der Waals surface area contributed by atoms with Gasteiger partial charge in [-0.05, 0) is 12.0 Å². The molecule has 1 aliphatic heterocycles. The van der Waals surface area contributed by atoms with Gasteiger partial charge in [0.25, 0.3) is 0 Å². The van der Waals surface area contributed by atoms with Crippen molar-refractivity contribution in [2.24, 2.45) is 0 Å². The lowest BCUT2D eigenvalue weighted by molar-refractivity contribution is 0.231. The van der Waals surface area contributed by atoms with Crippen LogP contribution in [0.2, 0.25) is 0 Å².